The van der Waals surface area contributed by atoms with E-state index >= 15 is 0 Å². The van der Waals surface area contributed by atoms with Gasteiger partial charge in [0.1, 0.15) is 5.58 Å². The van der Waals surface area contributed by atoms with E-state index in [9.17, 15) is 18.0 Å². The lowest BCUT2D eigenvalue weighted by molar-refractivity contribution is 0.0662. The van der Waals surface area contributed by atoms with Crippen LogP contribution in [0.5, 0.6) is 0 Å². The number of benzene rings is 2. The van der Waals surface area contributed by atoms with Gasteiger partial charge in [0.05, 0.1) is 38.5 Å². The molecule has 1 saturated heterocycles. The van der Waals surface area contributed by atoms with Crippen LogP contribution in [-0.4, -0.2) is 36.8 Å². The van der Waals surface area contributed by atoms with E-state index in [4.69, 9.17) is 27.6 Å². The van der Waals surface area contributed by atoms with Crippen LogP contribution in [0.15, 0.2) is 39.5 Å². The van der Waals surface area contributed by atoms with E-state index in [1.807, 2.05) is 19.9 Å². The Bertz CT molecular complexity index is 1480. The first-order valence-electron chi connectivity index (χ1n) is 10.1. The highest BCUT2D eigenvalue weighted by Crippen LogP contribution is 2.42. The molecule has 0 spiro atoms. The van der Waals surface area contributed by atoms with E-state index < -0.39 is 27.8 Å². The number of carbonyl (C=O) groups excluding carboxylic acids is 1. The van der Waals surface area contributed by atoms with Gasteiger partial charge in [-0.15, -0.1) is 0 Å². The fraction of sp³-hybridized carbons (Fsp3) is 0.304. The number of halogens is 2. The van der Waals surface area contributed by atoms with Gasteiger partial charge in [-0.3, -0.25) is 9.59 Å². The quantitative estimate of drug-likeness (QED) is 0.528. The minimum Gasteiger partial charge on any atom is -0.450 e. The molecular weight excluding hydrogens is 473 g/mol. The number of sulfone groups is 1. The van der Waals surface area contributed by atoms with Crippen LogP contribution >= 0.6 is 23.2 Å². The summed E-state index contributed by atoms with van der Waals surface area (Å²) < 4.78 is 30.4. The molecule has 0 aliphatic carbocycles. The monoisotopic (exact) mass is 491 g/mol. The standard InChI is InChI=1S/C23H19Cl2NO5S/c1-11-7-12(2)21-15(8-11)20(27)18-19(13-3-4-16(24)17(25)9-13)26(23(28)22(18)31-21)14-5-6-32(29,30)10-14/h3-4,7-9,14,19H,5-6,10H2,1-2H3. The number of carbonyl (C=O) groups is 1. The van der Waals surface area contributed by atoms with Crippen LogP contribution in [0, 0.1) is 13.8 Å². The van der Waals surface area contributed by atoms with Gasteiger partial charge in [-0.25, -0.2) is 8.42 Å². The molecule has 5 rings (SSSR count). The summed E-state index contributed by atoms with van der Waals surface area (Å²) in [5.41, 5.74) is 2.49. The Kier molecular flexibility index (Phi) is 4.93. The largest absolute Gasteiger partial charge is 0.450 e. The van der Waals surface area contributed by atoms with Crippen molar-refractivity contribution in [1.29, 1.82) is 0 Å². The molecule has 0 bridgehead atoms. The maximum Gasteiger partial charge on any atom is 0.291 e. The molecule has 1 fully saturated rings. The maximum atomic E-state index is 13.7. The SMILES string of the molecule is Cc1cc(C)c2oc3c(c(=O)c2c1)C(c1ccc(Cl)c(Cl)c1)N(C1CCS(=O)(=O)C1)C3=O. The van der Waals surface area contributed by atoms with Crippen LogP contribution in [-0.2, 0) is 9.84 Å². The summed E-state index contributed by atoms with van der Waals surface area (Å²) in [5, 5.41) is 1.01. The molecule has 3 aromatic rings. The first kappa shape index (κ1) is 21.5. The summed E-state index contributed by atoms with van der Waals surface area (Å²) in [6, 6.07) is 7.15. The van der Waals surface area contributed by atoms with Crippen molar-refractivity contribution in [3.8, 4) is 0 Å². The van der Waals surface area contributed by atoms with E-state index in [1.54, 1.807) is 24.3 Å². The van der Waals surface area contributed by atoms with E-state index in [-0.39, 0.29) is 33.3 Å². The van der Waals surface area contributed by atoms with Crippen LogP contribution in [0.25, 0.3) is 11.0 Å². The van der Waals surface area contributed by atoms with E-state index in [1.165, 1.54) is 4.90 Å². The van der Waals surface area contributed by atoms with Gasteiger partial charge in [-0.1, -0.05) is 35.3 Å². The third-order valence-electron chi connectivity index (χ3n) is 6.20. The average Bonchev–Trinajstić information content (AvgIpc) is 3.22. The Morgan fingerprint density at radius 3 is 2.47 bits per heavy atom. The minimum absolute atomic E-state index is 0.00641. The van der Waals surface area contributed by atoms with Gasteiger partial charge >= 0.3 is 0 Å². The second kappa shape index (κ2) is 7.33. The van der Waals surface area contributed by atoms with Crippen LogP contribution in [0.3, 0.4) is 0 Å². The summed E-state index contributed by atoms with van der Waals surface area (Å²) in [5.74, 6) is -0.698. The van der Waals surface area contributed by atoms with Crippen molar-refractivity contribution in [3.63, 3.8) is 0 Å². The Morgan fingerprint density at radius 2 is 1.81 bits per heavy atom. The van der Waals surface area contributed by atoms with Crippen LogP contribution in [0.4, 0.5) is 0 Å². The molecule has 6 nitrogen and oxygen atoms in total. The zero-order valence-corrected chi connectivity index (χ0v) is 19.6. The fourth-order valence-corrected chi connectivity index (χ4v) is 6.84. The van der Waals surface area contributed by atoms with Gasteiger partial charge in [0.2, 0.25) is 5.76 Å². The molecule has 1 amide bonds. The van der Waals surface area contributed by atoms with Crippen LogP contribution < -0.4 is 5.43 Å². The number of fused-ring (bicyclic) bond motifs is 2. The average molecular weight is 492 g/mol. The fourth-order valence-electron chi connectivity index (χ4n) is 4.83. The van der Waals surface area contributed by atoms with Crippen molar-refractivity contribution in [1.82, 2.24) is 4.90 Å². The molecule has 0 saturated carbocycles. The smallest absolute Gasteiger partial charge is 0.291 e. The van der Waals surface area contributed by atoms with Gasteiger partial charge in [0, 0.05) is 6.04 Å². The third-order valence-corrected chi connectivity index (χ3v) is 8.69. The summed E-state index contributed by atoms with van der Waals surface area (Å²) in [6.07, 6.45) is 0.297. The lowest BCUT2D eigenvalue weighted by Crippen LogP contribution is -2.40. The Morgan fingerprint density at radius 1 is 1.06 bits per heavy atom. The molecule has 9 heteroatoms. The highest BCUT2D eigenvalue weighted by Gasteiger charge is 2.48. The third kappa shape index (κ3) is 3.26. The number of aryl methyl sites for hydroxylation is 2. The minimum atomic E-state index is -3.27. The van der Waals surface area contributed by atoms with Crippen LogP contribution in [0.2, 0.25) is 10.0 Å². The van der Waals surface area contributed by atoms with Crippen molar-refractivity contribution >= 4 is 49.9 Å². The van der Waals surface area contributed by atoms with Crippen molar-refractivity contribution in [2.24, 2.45) is 0 Å². The van der Waals surface area contributed by atoms with Crippen molar-refractivity contribution in [2.45, 2.75) is 32.4 Å². The van der Waals surface area contributed by atoms with E-state index in [2.05, 4.69) is 0 Å². The maximum absolute atomic E-state index is 13.7. The zero-order valence-electron chi connectivity index (χ0n) is 17.3. The molecule has 0 radical (unpaired) electrons. The molecule has 2 aliphatic heterocycles. The molecule has 166 valence electrons. The highest BCUT2D eigenvalue weighted by molar-refractivity contribution is 7.91. The highest BCUT2D eigenvalue weighted by atomic mass is 35.5. The molecule has 1 aromatic heterocycles. The predicted molar refractivity (Wildman–Crippen MR) is 123 cm³/mol. The summed E-state index contributed by atoms with van der Waals surface area (Å²) in [7, 11) is -3.27. The second-order valence-electron chi connectivity index (χ2n) is 8.48. The number of nitrogens with zero attached hydrogens (tertiary/aromatic N) is 1. The van der Waals surface area contributed by atoms with E-state index in [0.717, 1.165) is 11.1 Å². The van der Waals surface area contributed by atoms with Gasteiger partial charge in [0.25, 0.3) is 5.91 Å². The Hall–Kier alpha value is -2.35. The lowest BCUT2D eigenvalue weighted by atomic mass is 9.96. The number of amides is 1. The number of hydrogen-bond donors (Lipinski definition) is 0. The molecule has 0 N–H and O–H groups in total. The molecule has 2 aromatic carbocycles. The summed E-state index contributed by atoms with van der Waals surface area (Å²) in [4.78, 5) is 28.7. The van der Waals surface area contributed by atoms with Gasteiger partial charge in [-0.05, 0) is 55.2 Å². The van der Waals surface area contributed by atoms with Crippen LogP contribution in [0.1, 0.15) is 45.3 Å². The van der Waals surface area contributed by atoms with Crippen molar-refractivity contribution < 1.29 is 17.6 Å². The number of hydrogen-bond acceptors (Lipinski definition) is 5. The van der Waals surface area contributed by atoms with Crippen molar-refractivity contribution in [3.05, 3.63) is 78.6 Å². The topological polar surface area (TPSA) is 84.7 Å². The van der Waals surface area contributed by atoms with Crippen molar-refractivity contribution in [2.75, 3.05) is 11.5 Å². The Labute approximate surface area is 194 Å². The normalized spacial score (nSPS) is 22.0. The Balaban J connectivity index is 1.80. The molecule has 32 heavy (non-hydrogen) atoms. The first-order valence-corrected chi connectivity index (χ1v) is 12.7. The lowest BCUT2D eigenvalue weighted by Gasteiger charge is -2.30. The predicted octanol–water partition coefficient (Wildman–Crippen LogP) is 4.45. The zero-order chi connectivity index (χ0) is 22.9. The number of rotatable bonds is 2. The van der Waals surface area contributed by atoms with Gasteiger partial charge in [-0.2, -0.15) is 0 Å². The van der Waals surface area contributed by atoms with Gasteiger partial charge < -0.3 is 9.32 Å². The van der Waals surface area contributed by atoms with Gasteiger partial charge in [0.15, 0.2) is 15.3 Å². The second-order valence-corrected chi connectivity index (χ2v) is 11.5. The molecule has 3 heterocycles. The summed E-state index contributed by atoms with van der Waals surface area (Å²) >= 11 is 12.3. The molecule has 2 aliphatic rings. The summed E-state index contributed by atoms with van der Waals surface area (Å²) in [6.45, 7) is 3.71. The first-order chi connectivity index (χ1) is 15.1. The molecular formula is C23H19Cl2NO5S. The molecule has 2 unspecified atom stereocenters. The van der Waals surface area contributed by atoms with E-state index in [0.29, 0.717) is 28.0 Å². The molecule has 2 atom stereocenters.